The van der Waals surface area contributed by atoms with E-state index in [2.05, 4.69) is 4.98 Å². The van der Waals surface area contributed by atoms with E-state index in [1.165, 1.54) is 22.8 Å². The molecule has 0 amide bonds. The SMILES string of the molecule is O=[N+]([O-])c1c(C=C2CCCC2)nc2ccccn12. The van der Waals surface area contributed by atoms with Crippen molar-refractivity contribution in [3.63, 3.8) is 0 Å². The van der Waals surface area contributed by atoms with Crippen LogP contribution in [-0.2, 0) is 0 Å². The highest BCUT2D eigenvalue weighted by atomic mass is 16.6. The number of nitrogens with zero attached hydrogens (tertiary/aromatic N) is 3. The first-order valence-corrected chi connectivity index (χ1v) is 6.06. The van der Waals surface area contributed by atoms with E-state index in [4.69, 9.17) is 0 Å². The average molecular weight is 243 g/mol. The van der Waals surface area contributed by atoms with Gasteiger partial charge in [0.15, 0.2) is 5.69 Å². The van der Waals surface area contributed by atoms with Crippen molar-refractivity contribution in [1.29, 1.82) is 0 Å². The monoisotopic (exact) mass is 243 g/mol. The Labute approximate surface area is 104 Å². The third kappa shape index (κ3) is 1.77. The highest BCUT2D eigenvalue weighted by molar-refractivity contribution is 5.63. The van der Waals surface area contributed by atoms with Crippen LogP contribution in [0.2, 0.25) is 0 Å². The van der Waals surface area contributed by atoms with Crippen molar-refractivity contribution in [2.75, 3.05) is 0 Å². The van der Waals surface area contributed by atoms with Crippen LogP contribution in [-0.4, -0.2) is 14.3 Å². The molecular formula is C13H13N3O2. The molecule has 0 saturated heterocycles. The predicted octanol–water partition coefficient (Wildman–Crippen LogP) is 3.20. The minimum Gasteiger partial charge on any atom is -0.358 e. The van der Waals surface area contributed by atoms with Crippen molar-refractivity contribution in [1.82, 2.24) is 9.38 Å². The second kappa shape index (κ2) is 4.25. The molecule has 92 valence electrons. The van der Waals surface area contributed by atoms with Gasteiger partial charge in [-0.15, -0.1) is 0 Å². The summed E-state index contributed by atoms with van der Waals surface area (Å²) in [5, 5.41) is 11.2. The molecule has 0 unspecified atom stereocenters. The first kappa shape index (κ1) is 11.0. The molecule has 0 bridgehead atoms. The van der Waals surface area contributed by atoms with E-state index in [-0.39, 0.29) is 10.7 Å². The molecule has 2 heterocycles. The molecule has 1 aliphatic carbocycles. The maximum absolute atomic E-state index is 11.2. The van der Waals surface area contributed by atoms with Gasteiger partial charge in [-0.3, -0.25) is 0 Å². The lowest BCUT2D eigenvalue weighted by Gasteiger charge is -1.96. The molecule has 1 saturated carbocycles. The fourth-order valence-electron chi connectivity index (χ4n) is 2.45. The summed E-state index contributed by atoms with van der Waals surface area (Å²) in [4.78, 5) is 15.2. The summed E-state index contributed by atoms with van der Waals surface area (Å²) in [6.07, 6.45) is 7.98. The summed E-state index contributed by atoms with van der Waals surface area (Å²) in [5.41, 5.74) is 2.36. The zero-order valence-corrected chi connectivity index (χ0v) is 9.87. The summed E-state index contributed by atoms with van der Waals surface area (Å²) in [7, 11) is 0. The van der Waals surface area contributed by atoms with E-state index in [0.717, 1.165) is 12.8 Å². The Morgan fingerprint density at radius 3 is 2.83 bits per heavy atom. The van der Waals surface area contributed by atoms with Gasteiger partial charge in [-0.2, -0.15) is 4.40 Å². The lowest BCUT2D eigenvalue weighted by Crippen LogP contribution is -1.95. The molecule has 5 heteroatoms. The number of nitro groups is 1. The molecule has 1 aliphatic rings. The third-order valence-electron chi connectivity index (χ3n) is 3.29. The van der Waals surface area contributed by atoms with Crippen LogP contribution in [0.3, 0.4) is 0 Å². The van der Waals surface area contributed by atoms with Gasteiger partial charge in [0, 0.05) is 6.07 Å². The summed E-state index contributed by atoms with van der Waals surface area (Å²) in [6.45, 7) is 0. The summed E-state index contributed by atoms with van der Waals surface area (Å²) >= 11 is 0. The number of hydrogen-bond acceptors (Lipinski definition) is 3. The van der Waals surface area contributed by atoms with E-state index >= 15 is 0 Å². The lowest BCUT2D eigenvalue weighted by atomic mass is 10.2. The first-order chi connectivity index (χ1) is 8.75. The number of fused-ring (bicyclic) bond motifs is 1. The fraction of sp³-hybridized carbons (Fsp3) is 0.308. The van der Waals surface area contributed by atoms with Crippen LogP contribution >= 0.6 is 0 Å². The molecule has 0 radical (unpaired) electrons. The van der Waals surface area contributed by atoms with Crippen LogP contribution in [0.5, 0.6) is 0 Å². The largest absolute Gasteiger partial charge is 0.358 e. The van der Waals surface area contributed by atoms with Crippen LogP contribution in [0.4, 0.5) is 5.82 Å². The minimum absolute atomic E-state index is 0.0602. The predicted molar refractivity (Wildman–Crippen MR) is 68.3 cm³/mol. The minimum atomic E-state index is -0.360. The Bertz CT molecular complexity index is 635. The smallest absolute Gasteiger partial charge is 0.355 e. The van der Waals surface area contributed by atoms with E-state index in [1.54, 1.807) is 18.3 Å². The second-order valence-electron chi connectivity index (χ2n) is 4.52. The van der Waals surface area contributed by atoms with Crippen LogP contribution in [0.25, 0.3) is 11.7 Å². The Balaban J connectivity index is 2.18. The fourth-order valence-corrected chi connectivity index (χ4v) is 2.45. The lowest BCUT2D eigenvalue weighted by molar-refractivity contribution is -0.390. The van der Waals surface area contributed by atoms with Crippen LogP contribution < -0.4 is 0 Å². The molecule has 3 rings (SSSR count). The van der Waals surface area contributed by atoms with Gasteiger partial charge in [0.05, 0.1) is 6.20 Å². The van der Waals surface area contributed by atoms with E-state index < -0.39 is 0 Å². The first-order valence-electron chi connectivity index (χ1n) is 6.06. The Hall–Kier alpha value is -2.17. The van der Waals surface area contributed by atoms with Crippen LogP contribution in [0, 0.1) is 10.1 Å². The van der Waals surface area contributed by atoms with Crippen molar-refractivity contribution in [3.8, 4) is 0 Å². The quantitative estimate of drug-likeness (QED) is 0.601. The maximum Gasteiger partial charge on any atom is 0.355 e. The Kier molecular flexibility index (Phi) is 2.59. The van der Waals surface area contributed by atoms with Gasteiger partial charge in [-0.05, 0) is 42.7 Å². The number of aromatic nitrogens is 2. The average Bonchev–Trinajstić information content (AvgIpc) is 2.95. The molecular weight excluding hydrogens is 230 g/mol. The highest BCUT2D eigenvalue weighted by Crippen LogP contribution is 2.29. The van der Waals surface area contributed by atoms with Gasteiger partial charge in [-0.1, -0.05) is 11.6 Å². The highest BCUT2D eigenvalue weighted by Gasteiger charge is 2.21. The number of hydrogen-bond donors (Lipinski definition) is 0. The van der Waals surface area contributed by atoms with Crippen molar-refractivity contribution < 1.29 is 4.92 Å². The molecule has 0 aromatic carbocycles. The Morgan fingerprint density at radius 1 is 1.33 bits per heavy atom. The van der Waals surface area contributed by atoms with Gasteiger partial charge in [0.25, 0.3) is 0 Å². The molecule has 0 atom stereocenters. The molecule has 0 N–H and O–H groups in total. The van der Waals surface area contributed by atoms with Crippen molar-refractivity contribution in [2.24, 2.45) is 0 Å². The number of pyridine rings is 1. The van der Waals surface area contributed by atoms with Crippen molar-refractivity contribution >= 4 is 17.5 Å². The normalized spacial score (nSPS) is 15.2. The topological polar surface area (TPSA) is 60.4 Å². The molecule has 0 aliphatic heterocycles. The van der Waals surface area contributed by atoms with Crippen molar-refractivity contribution in [3.05, 3.63) is 45.8 Å². The van der Waals surface area contributed by atoms with Gasteiger partial charge < -0.3 is 10.1 Å². The van der Waals surface area contributed by atoms with Crippen LogP contribution in [0.15, 0.2) is 30.0 Å². The van der Waals surface area contributed by atoms with E-state index in [9.17, 15) is 10.1 Å². The molecule has 2 aromatic rings. The third-order valence-corrected chi connectivity index (χ3v) is 3.29. The molecule has 2 aromatic heterocycles. The van der Waals surface area contributed by atoms with E-state index in [1.807, 2.05) is 12.1 Å². The van der Waals surface area contributed by atoms with Crippen LogP contribution in [0.1, 0.15) is 31.4 Å². The molecule has 1 fully saturated rings. The number of imidazole rings is 1. The standard InChI is InChI=1S/C13H13N3O2/c17-16(18)13-11(9-10-5-1-2-6-10)14-12-7-3-4-8-15(12)13/h3-4,7-9H,1-2,5-6H2. The summed E-state index contributed by atoms with van der Waals surface area (Å²) in [6, 6.07) is 5.39. The molecule has 0 spiro atoms. The summed E-state index contributed by atoms with van der Waals surface area (Å²) < 4.78 is 1.53. The molecule has 5 nitrogen and oxygen atoms in total. The zero-order chi connectivity index (χ0) is 12.5. The van der Waals surface area contributed by atoms with Gasteiger partial charge in [0.2, 0.25) is 5.65 Å². The van der Waals surface area contributed by atoms with Gasteiger partial charge in [-0.25, -0.2) is 4.98 Å². The zero-order valence-electron chi connectivity index (χ0n) is 9.87. The Morgan fingerprint density at radius 2 is 2.11 bits per heavy atom. The van der Waals surface area contributed by atoms with E-state index in [0.29, 0.717) is 11.3 Å². The second-order valence-corrected chi connectivity index (χ2v) is 4.52. The molecule has 18 heavy (non-hydrogen) atoms. The van der Waals surface area contributed by atoms with Gasteiger partial charge >= 0.3 is 5.82 Å². The summed E-state index contributed by atoms with van der Waals surface area (Å²) in [5.74, 6) is 0.0602. The number of allylic oxidation sites excluding steroid dienone is 1. The maximum atomic E-state index is 11.2. The number of rotatable bonds is 2. The van der Waals surface area contributed by atoms with Gasteiger partial charge in [0.1, 0.15) is 0 Å². The van der Waals surface area contributed by atoms with Crippen molar-refractivity contribution in [2.45, 2.75) is 25.7 Å².